The molecule has 29 heavy (non-hydrogen) atoms. The number of benzene rings is 2. The lowest BCUT2D eigenvalue weighted by Gasteiger charge is -2.37. The first-order valence-electron chi connectivity index (χ1n) is 10.4. The Labute approximate surface area is 177 Å². The van der Waals surface area contributed by atoms with Gasteiger partial charge in [0.05, 0.1) is 0 Å². The largest absolute Gasteiger partial charge is 0.450 e. The number of ketones is 1. The lowest BCUT2D eigenvalue weighted by atomic mass is 9.70. The van der Waals surface area contributed by atoms with Crippen LogP contribution >= 0.6 is 11.6 Å². The maximum atomic E-state index is 13.4. The molecule has 1 heterocycles. The summed E-state index contributed by atoms with van der Waals surface area (Å²) in [4.78, 5) is 26.3. The van der Waals surface area contributed by atoms with Crippen LogP contribution in [0.25, 0.3) is 11.1 Å². The summed E-state index contributed by atoms with van der Waals surface area (Å²) in [5, 5.41) is 0.695. The summed E-state index contributed by atoms with van der Waals surface area (Å²) < 4.78 is 5.81. The SMILES string of the molecule is Cc1cc(C2C(=O)OC3(CCC(C)C(C)C3)C2=O)c(C)cc1-c1ccc(Cl)cc1. The molecule has 2 aliphatic rings. The highest BCUT2D eigenvalue weighted by Crippen LogP contribution is 2.47. The maximum absolute atomic E-state index is 13.4. The number of carbonyl (C=O) groups is 2. The summed E-state index contributed by atoms with van der Waals surface area (Å²) in [5.74, 6) is -0.335. The Morgan fingerprint density at radius 1 is 1.00 bits per heavy atom. The molecule has 2 fully saturated rings. The van der Waals surface area contributed by atoms with Gasteiger partial charge in [0.15, 0.2) is 11.4 Å². The Balaban J connectivity index is 1.70. The molecule has 1 saturated carbocycles. The van der Waals surface area contributed by atoms with E-state index in [2.05, 4.69) is 19.9 Å². The second-order valence-electron chi connectivity index (χ2n) is 8.94. The zero-order chi connectivity index (χ0) is 20.9. The van der Waals surface area contributed by atoms with Gasteiger partial charge < -0.3 is 4.74 Å². The molecule has 4 heteroatoms. The van der Waals surface area contributed by atoms with Crippen LogP contribution < -0.4 is 0 Å². The van der Waals surface area contributed by atoms with Crippen molar-refractivity contribution in [3.8, 4) is 11.1 Å². The van der Waals surface area contributed by atoms with Crippen LogP contribution in [0.2, 0.25) is 5.02 Å². The fourth-order valence-corrected chi connectivity index (χ4v) is 5.04. The standard InChI is InChI=1S/C25H27ClO3/c1-14-9-10-25(13-17(14)4)23(27)22(24(28)29-25)21-12-15(2)20(11-16(21)3)18-5-7-19(26)8-6-18/h5-8,11-12,14,17,22H,9-10,13H2,1-4H3. The first-order valence-corrected chi connectivity index (χ1v) is 10.7. The number of ether oxygens (including phenoxy) is 1. The number of halogens is 1. The van der Waals surface area contributed by atoms with Crippen molar-refractivity contribution in [3.63, 3.8) is 0 Å². The van der Waals surface area contributed by atoms with Crippen molar-refractivity contribution in [1.29, 1.82) is 0 Å². The van der Waals surface area contributed by atoms with Gasteiger partial charge in [0.1, 0.15) is 5.92 Å². The molecule has 0 N–H and O–H groups in total. The molecule has 1 spiro atoms. The second-order valence-corrected chi connectivity index (χ2v) is 9.38. The second kappa shape index (κ2) is 7.28. The van der Waals surface area contributed by atoms with E-state index in [1.807, 2.05) is 44.2 Å². The van der Waals surface area contributed by atoms with E-state index < -0.39 is 17.5 Å². The van der Waals surface area contributed by atoms with Crippen LogP contribution in [0.1, 0.15) is 55.7 Å². The lowest BCUT2D eigenvalue weighted by Crippen LogP contribution is -2.43. The summed E-state index contributed by atoms with van der Waals surface area (Å²) in [6, 6.07) is 11.7. The van der Waals surface area contributed by atoms with Crippen LogP contribution in [-0.2, 0) is 14.3 Å². The van der Waals surface area contributed by atoms with Gasteiger partial charge in [-0.25, -0.2) is 0 Å². The van der Waals surface area contributed by atoms with Crippen LogP contribution in [0.5, 0.6) is 0 Å². The van der Waals surface area contributed by atoms with Crippen molar-refractivity contribution < 1.29 is 14.3 Å². The maximum Gasteiger partial charge on any atom is 0.322 e. The Bertz CT molecular complexity index is 978. The van der Waals surface area contributed by atoms with Crippen LogP contribution in [0.15, 0.2) is 36.4 Å². The zero-order valence-electron chi connectivity index (χ0n) is 17.4. The number of hydrogen-bond donors (Lipinski definition) is 0. The summed E-state index contributed by atoms with van der Waals surface area (Å²) in [6.07, 6.45) is 2.19. The summed E-state index contributed by atoms with van der Waals surface area (Å²) in [6.45, 7) is 8.33. The fraction of sp³-hybridized carbons (Fsp3) is 0.440. The quantitative estimate of drug-likeness (QED) is 0.448. The van der Waals surface area contributed by atoms with E-state index in [1.54, 1.807) is 0 Å². The summed E-state index contributed by atoms with van der Waals surface area (Å²) >= 11 is 6.01. The van der Waals surface area contributed by atoms with Gasteiger partial charge in [-0.2, -0.15) is 0 Å². The number of rotatable bonds is 2. The molecule has 4 unspecified atom stereocenters. The topological polar surface area (TPSA) is 43.4 Å². The monoisotopic (exact) mass is 410 g/mol. The molecule has 2 aromatic carbocycles. The van der Waals surface area contributed by atoms with Crippen LogP contribution in [0, 0.1) is 25.7 Å². The van der Waals surface area contributed by atoms with E-state index in [1.165, 1.54) is 0 Å². The van der Waals surface area contributed by atoms with Crippen molar-refractivity contribution in [2.75, 3.05) is 0 Å². The third kappa shape index (κ3) is 3.40. The van der Waals surface area contributed by atoms with E-state index in [9.17, 15) is 9.59 Å². The van der Waals surface area contributed by atoms with E-state index in [0.29, 0.717) is 29.7 Å². The van der Waals surface area contributed by atoms with Crippen molar-refractivity contribution in [2.24, 2.45) is 11.8 Å². The first kappa shape index (κ1) is 20.2. The van der Waals surface area contributed by atoms with Gasteiger partial charge in [-0.3, -0.25) is 9.59 Å². The van der Waals surface area contributed by atoms with Gasteiger partial charge in [0.2, 0.25) is 0 Å². The van der Waals surface area contributed by atoms with E-state index in [0.717, 1.165) is 34.2 Å². The average molecular weight is 411 g/mol. The molecule has 1 aliphatic carbocycles. The molecule has 0 amide bonds. The number of hydrogen-bond acceptors (Lipinski definition) is 3. The number of aryl methyl sites for hydroxylation is 2. The predicted molar refractivity (Wildman–Crippen MR) is 115 cm³/mol. The Morgan fingerprint density at radius 3 is 2.34 bits per heavy atom. The molecule has 152 valence electrons. The normalized spacial score (nSPS) is 29.3. The van der Waals surface area contributed by atoms with Crippen LogP contribution in [0.4, 0.5) is 0 Å². The number of carbonyl (C=O) groups excluding carboxylic acids is 2. The highest BCUT2D eigenvalue weighted by Gasteiger charge is 2.57. The number of esters is 1. The smallest absolute Gasteiger partial charge is 0.322 e. The Hall–Kier alpha value is -2.13. The van der Waals surface area contributed by atoms with Gasteiger partial charge in [-0.05, 0) is 84.9 Å². The van der Waals surface area contributed by atoms with Crippen molar-refractivity contribution in [1.82, 2.24) is 0 Å². The third-order valence-corrected chi connectivity index (χ3v) is 7.20. The molecule has 1 saturated heterocycles. The molecule has 0 aromatic heterocycles. The molecule has 4 atom stereocenters. The third-order valence-electron chi connectivity index (χ3n) is 6.95. The highest BCUT2D eigenvalue weighted by atomic mass is 35.5. The van der Waals surface area contributed by atoms with Crippen molar-refractivity contribution in [3.05, 3.63) is 58.1 Å². The molecule has 0 bridgehead atoms. The Kier molecular flexibility index (Phi) is 5.06. The van der Waals surface area contributed by atoms with Gasteiger partial charge in [-0.15, -0.1) is 0 Å². The molecule has 1 aliphatic heterocycles. The van der Waals surface area contributed by atoms with Crippen LogP contribution in [0.3, 0.4) is 0 Å². The van der Waals surface area contributed by atoms with Crippen LogP contribution in [-0.4, -0.2) is 17.4 Å². The zero-order valence-corrected chi connectivity index (χ0v) is 18.2. The van der Waals surface area contributed by atoms with Gasteiger partial charge in [0, 0.05) is 5.02 Å². The molecule has 4 rings (SSSR count). The lowest BCUT2D eigenvalue weighted by molar-refractivity contribution is -0.157. The predicted octanol–water partition coefficient (Wildman–Crippen LogP) is 6.03. The average Bonchev–Trinajstić information content (AvgIpc) is 2.91. The minimum Gasteiger partial charge on any atom is -0.450 e. The minimum absolute atomic E-state index is 0.0528. The molecule has 3 nitrogen and oxygen atoms in total. The molecular formula is C25H27ClO3. The number of Topliss-reactive ketones (excluding diaryl/α,β-unsaturated/α-hetero) is 1. The minimum atomic E-state index is -0.928. The van der Waals surface area contributed by atoms with Crippen molar-refractivity contribution in [2.45, 2.75) is 58.5 Å². The van der Waals surface area contributed by atoms with Crippen molar-refractivity contribution >= 4 is 23.4 Å². The Morgan fingerprint density at radius 2 is 1.69 bits per heavy atom. The summed E-state index contributed by atoms with van der Waals surface area (Å²) in [7, 11) is 0. The first-order chi connectivity index (χ1) is 13.7. The van der Waals surface area contributed by atoms with E-state index >= 15 is 0 Å². The van der Waals surface area contributed by atoms with E-state index in [4.69, 9.17) is 16.3 Å². The fourth-order valence-electron chi connectivity index (χ4n) is 4.92. The van der Waals surface area contributed by atoms with Gasteiger partial charge in [-0.1, -0.05) is 49.7 Å². The molecule has 0 radical (unpaired) electrons. The summed E-state index contributed by atoms with van der Waals surface area (Å²) in [5.41, 5.74) is 3.96. The molecular weight excluding hydrogens is 384 g/mol. The van der Waals surface area contributed by atoms with Gasteiger partial charge in [0.25, 0.3) is 0 Å². The highest BCUT2D eigenvalue weighted by molar-refractivity contribution is 6.30. The van der Waals surface area contributed by atoms with E-state index in [-0.39, 0.29) is 5.78 Å². The van der Waals surface area contributed by atoms with Gasteiger partial charge >= 0.3 is 5.97 Å². The molecule has 2 aromatic rings.